The average Bonchev–Trinajstić information content (AvgIpc) is 2.80. The molecule has 1 atom stereocenters. The number of aryl methyl sites for hydroxylation is 1. The van der Waals surface area contributed by atoms with Crippen LogP contribution in [0.2, 0.25) is 0 Å². The van der Waals surface area contributed by atoms with Gasteiger partial charge in [-0.15, -0.1) is 0 Å². The summed E-state index contributed by atoms with van der Waals surface area (Å²) in [5.74, 6) is -0.501. The molecule has 7 heteroatoms. The maximum absolute atomic E-state index is 12.4. The monoisotopic (exact) mass is 298 g/mol. The fourth-order valence-electron chi connectivity index (χ4n) is 2.55. The summed E-state index contributed by atoms with van der Waals surface area (Å²) in [4.78, 5) is 40.2. The number of nitrogens with one attached hydrogen (secondary N) is 2. The van der Waals surface area contributed by atoms with Gasteiger partial charge >= 0.3 is 6.03 Å². The number of nitrogens with zero attached hydrogens (tertiary/aromatic N) is 2. The Kier molecular flexibility index (Phi) is 3.25. The van der Waals surface area contributed by atoms with Gasteiger partial charge in [0.05, 0.1) is 6.54 Å². The zero-order valence-electron chi connectivity index (χ0n) is 11.9. The van der Waals surface area contributed by atoms with E-state index < -0.39 is 17.5 Å². The molecule has 1 fully saturated rings. The molecule has 22 heavy (non-hydrogen) atoms. The summed E-state index contributed by atoms with van der Waals surface area (Å²) in [6, 6.07) is 6.20. The van der Waals surface area contributed by atoms with E-state index in [-0.39, 0.29) is 12.1 Å². The summed E-state index contributed by atoms with van der Waals surface area (Å²) in [6.07, 6.45) is 4.67. The highest BCUT2D eigenvalue weighted by Crippen LogP contribution is 2.26. The Morgan fingerprint density at radius 3 is 2.68 bits per heavy atom. The van der Waals surface area contributed by atoms with Gasteiger partial charge in [0.2, 0.25) is 0 Å². The first-order chi connectivity index (χ1) is 10.5. The number of pyridine rings is 2. The van der Waals surface area contributed by atoms with Crippen LogP contribution in [0.3, 0.4) is 0 Å². The lowest BCUT2D eigenvalue weighted by Crippen LogP contribution is -2.49. The van der Waals surface area contributed by atoms with Crippen molar-refractivity contribution in [2.75, 3.05) is 0 Å². The SMILES string of the molecule is Cc1cccn(CC2(c3cccnc3)NC(=O)NC2=O)c1=O. The summed E-state index contributed by atoms with van der Waals surface area (Å²) in [5, 5.41) is 4.86. The fourth-order valence-corrected chi connectivity index (χ4v) is 2.55. The molecule has 3 heterocycles. The lowest BCUT2D eigenvalue weighted by molar-refractivity contribution is -0.124. The largest absolute Gasteiger partial charge is 0.322 e. The number of carbonyl (C=O) groups is 2. The number of rotatable bonds is 3. The van der Waals surface area contributed by atoms with Crippen LogP contribution in [0.5, 0.6) is 0 Å². The molecule has 2 aromatic rings. The van der Waals surface area contributed by atoms with Crippen LogP contribution < -0.4 is 16.2 Å². The highest BCUT2D eigenvalue weighted by Gasteiger charge is 2.48. The van der Waals surface area contributed by atoms with Gasteiger partial charge in [0, 0.05) is 29.7 Å². The van der Waals surface area contributed by atoms with E-state index in [1.165, 1.54) is 10.8 Å². The standard InChI is InChI=1S/C15H14N4O3/c1-10-4-3-7-19(12(10)20)9-15(11-5-2-6-16-8-11)13(21)17-14(22)18-15/h2-8H,9H2,1H3,(H2,17,18,21,22). The predicted octanol–water partition coefficient (Wildman–Crippen LogP) is 0.287. The number of carbonyl (C=O) groups excluding carboxylic acids is 2. The number of imide groups is 1. The smallest absolute Gasteiger partial charge is 0.318 e. The van der Waals surface area contributed by atoms with Crippen LogP contribution in [-0.2, 0) is 16.9 Å². The molecule has 3 rings (SSSR count). The zero-order chi connectivity index (χ0) is 15.7. The summed E-state index contributed by atoms with van der Waals surface area (Å²) in [6.45, 7) is 1.69. The molecule has 0 radical (unpaired) electrons. The molecule has 0 spiro atoms. The molecule has 7 nitrogen and oxygen atoms in total. The Hall–Kier alpha value is -2.96. The summed E-state index contributed by atoms with van der Waals surface area (Å²) < 4.78 is 1.41. The molecule has 0 aliphatic carbocycles. The number of aromatic nitrogens is 2. The highest BCUT2D eigenvalue weighted by atomic mass is 16.2. The lowest BCUT2D eigenvalue weighted by atomic mass is 9.91. The molecule has 1 aliphatic heterocycles. The topological polar surface area (TPSA) is 93.1 Å². The normalized spacial score (nSPS) is 20.6. The first-order valence-electron chi connectivity index (χ1n) is 6.73. The summed E-state index contributed by atoms with van der Waals surface area (Å²) in [5.41, 5.74) is -0.469. The van der Waals surface area contributed by atoms with Gasteiger partial charge in [0.25, 0.3) is 11.5 Å². The van der Waals surface area contributed by atoms with Crippen LogP contribution in [0, 0.1) is 6.92 Å². The van der Waals surface area contributed by atoms with Crippen LogP contribution in [0.25, 0.3) is 0 Å². The van der Waals surface area contributed by atoms with E-state index >= 15 is 0 Å². The van der Waals surface area contributed by atoms with Crippen molar-refractivity contribution in [3.05, 3.63) is 64.3 Å². The molecule has 0 bridgehead atoms. The number of urea groups is 1. The molecule has 3 amide bonds. The van der Waals surface area contributed by atoms with Crippen molar-refractivity contribution in [3.63, 3.8) is 0 Å². The molecule has 0 saturated carbocycles. The van der Waals surface area contributed by atoms with Gasteiger partial charge in [0.1, 0.15) is 0 Å². The van der Waals surface area contributed by atoms with Crippen molar-refractivity contribution in [1.82, 2.24) is 20.2 Å². The second kappa shape index (κ2) is 5.10. The third kappa shape index (κ3) is 2.16. The molecular formula is C15H14N4O3. The maximum atomic E-state index is 12.4. The minimum atomic E-state index is -1.34. The Morgan fingerprint density at radius 1 is 1.23 bits per heavy atom. The quantitative estimate of drug-likeness (QED) is 0.796. The zero-order valence-corrected chi connectivity index (χ0v) is 11.9. The van der Waals surface area contributed by atoms with Gasteiger partial charge in [-0.1, -0.05) is 12.1 Å². The molecule has 2 aromatic heterocycles. The maximum Gasteiger partial charge on any atom is 0.322 e. The van der Waals surface area contributed by atoms with Crippen molar-refractivity contribution in [2.24, 2.45) is 0 Å². The van der Waals surface area contributed by atoms with Crippen LogP contribution in [0.15, 0.2) is 47.7 Å². The number of hydrogen-bond acceptors (Lipinski definition) is 4. The van der Waals surface area contributed by atoms with Crippen molar-refractivity contribution in [2.45, 2.75) is 19.0 Å². The summed E-state index contributed by atoms with van der Waals surface area (Å²) in [7, 11) is 0. The van der Waals surface area contributed by atoms with E-state index in [2.05, 4.69) is 15.6 Å². The Labute approximate surface area is 126 Å². The van der Waals surface area contributed by atoms with Crippen molar-refractivity contribution in [3.8, 4) is 0 Å². The first-order valence-corrected chi connectivity index (χ1v) is 6.73. The number of amides is 3. The van der Waals surface area contributed by atoms with Crippen molar-refractivity contribution in [1.29, 1.82) is 0 Å². The van der Waals surface area contributed by atoms with E-state index in [1.54, 1.807) is 43.6 Å². The van der Waals surface area contributed by atoms with Crippen molar-refractivity contribution >= 4 is 11.9 Å². The molecule has 2 N–H and O–H groups in total. The van der Waals surface area contributed by atoms with Crippen LogP contribution >= 0.6 is 0 Å². The Morgan fingerprint density at radius 2 is 2.05 bits per heavy atom. The lowest BCUT2D eigenvalue weighted by Gasteiger charge is -2.27. The fraction of sp³-hybridized carbons (Fsp3) is 0.200. The third-order valence-electron chi connectivity index (χ3n) is 3.71. The van der Waals surface area contributed by atoms with Gasteiger partial charge in [-0.25, -0.2) is 4.79 Å². The Balaban J connectivity index is 2.12. The second-order valence-electron chi connectivity index (χ2n) is 5.18. The van der Waals surface area contributed by atoms with Crippen LogP contribution in [-0.4, -0.2) is 21.5 Å². The first kappa shape index (κ1) is 14.0. The van der Waals surface area contributed by atoms with Crippen molar-refractivity contribution < 1.29 is 9.59 Å². The van der Waals surface area contributed by atoms with Gasteiger partial charge < -0.3 is 9.88 Å². The van der Waals surface area contributed by atoms with E-state index in [1.807, 2.05) is 0 Å². The van der Waals surface area contributed by atoms with E-state index in [0.29, 0.717) is 11.1 Å². The van der Waals surface area contributed by atoms with E-state index in [9.17, 15) is 14.4 Å². The number of hydrogen-bond donors (Lipinski definition) is 2. The van der Waals surface area contributed by atoms with Gasteiger partial charge in [-0.3, -0.25) is 19.9 Å². The summed E-state index contributed by atoms with van der Waals surface area (Å²) >= 11 is 0. The van der Waals surface area contributed by atoms with E-state index in [4.69, 9.17) is 0 Å². The molecule has 0 aromatic carbocycles. The molecule has 1 saturated heterocycles. The van der Waals surface area contributed by atoms with E-state index in [0.717, 1.165) is 0 Å². The second-order valence-corrected chi connectivity index (χ2v) is 5.18. The molecule has 1 aliphatic rings. The minimum absolute atomic E-state index is 0.00319. The molecule has 112 valence electrons. The van der Waals surface area contributed by atoms with Crippen LogP contribution in [0.4, 0.5) is 4.79 Å². The third-order valence-corrected chi connectivity index (χ3v) is 3.71. The van der Waals surface area contributed by atoms with Crippen LogP contribution in [0.1, 0.15) is 11.1 Å². The Bertz CT molecular complexity index is 800. The van der Waals surface area contributed by atoms with Gasteiger partial charge in [0.15, 0.2) is 5.54 Å². The minimum Gasteiger partial charge on any atom is -0.318 e. The predicted molar refractivity (Wildman–Crippen MR) is 78.0 cm³/mol. The average molecular weight is 298 g/mol. The highest BCUT2D eigenvalue weighted by molar-refractivity contribution is 6.07. The van der Waals surface area contributed by atoms with Gasteiger partial charge in [-0.2, -0.15) is 0 Å². The molecular weight excluding hydrogens is 284 g/mol. The van der Waals surface area contributed by atoms with Gasteiger partial charge in [-0.05, 0) is 19.1 Å². The molecule has 1 unspecified atom stereocenters.